The molecule has 0 amide bonds. The topological polar surface area (TPSA) is 43.4 Å². The van der Waals surface area contributed by atoms with E-state index in [1.807, 2.05) is 19.9 Å². The molecule has 0 aliphatic rings. The first-order valence-electron chi connectivity index (χ1n) is 5.43. The Morgan fingerprint density at radius 3 is 2.53 bits per heavy atom. The van der Waals surface area contributed by atoms with Crippen molar-refractivity contribution in [3.8, 4) is 5.75 Å². The van der Waals surface area contributed by atoms with Gasteiger partial charge in [-0.1, -0.05) is 32.6 Å². The Hall–Kier alpha value is -1.90. The molecule has 3 heteroatoms. The maximum atomic E-state index is 11.6. The summed E-state index contributed by atoms with van der Waals surface area (Å²) in [6, 6.07) is 6.49. The van der Waals surface area contributed by atoms with Crippen LogP contribution in [0.2, 0.25) is 0 Å². The van der Waals surface area contributed by atoms with Crippen LogP contribution in [0.1, 0.15) is 32.3 Å². The van der Waals surface area contributed by atoms with Gasteiger partial charge in [0, 0.05) is 5.57 Å². The number of esters is 1. The number of hydrogen-bond donors (Lipinski definition) is 0. The Balaban J connectivity index is 3.19. The molecule has 0 aliphatic carbocycles. The minimum atomic E-state index is -0.581. The molecule has 0 aromatic heterocycles. The predicted octanol–water partition coefficient (Wildman–Crippen LogP) is 2.65. The number of carbonyl (C=O) groups is 1. The van der Waals surface area contributed by atoms with E-state index in [0.717, 1.165) is 5.56 Å². The van der Waals surface area contributed by atoms with Gasteiger partial charge in [0.2, 0.25) is 5.43 Å². The normalized spacial score (nSPS) is 10.1. The predicted molar refractivity (Wildman–Crippen MR) is 67.3 cm³/mol. The second-order valence-electron chi connectivity index (χ2n) is 4.22. The fraction of sp³-hybridized carbons (Fsp3) is 0.286. The van der Waals surface area contributed by atoms with E-state index >= 15 is 0 Å². The van der Waals surface area contributed by atoms with Gasteiger partial charge in [-0.15, -0.1) is 0 Å². The van der Waals surface area contributed by atoms with E-state index in [-0.39, 0.29) is 22.7 Å². The quantitative estimate of drug-likeness (QED) is 0.594. The minimum absolute atomic E-state index is 0.0479. The van der Waals surface area contributed by atoms with Crippen molar-refractivity contribution in [2.45, 2.75) is 26.7 Å². The van der Waals surface area contributed by atoms with Crippen LogP contribution < -0.4 is 10.2 Å². The third kappa shape index (κ3) is 3.55. The van der Waals surface area contributed by atoms with Gasteiger partial charge in [-0.25, -0.2) is 4.79 Å². The van der Waals surface area contributed by atoms with Crippen LogP contribution in [0, 0.1) is 0 Å². The van der Waals surface area contributed by atoms with Gasteiger partial charge >= 0.3 is 5.97 Å². The first-order valence-corrected chi connectivity index (χ1v) is 5.43. The summed E-state index contributed by atoms with van der Waals surface area (Å²) in [6.45, 7) is 9.03. The molecule has 1 rings (SSSR count). The maximum Gasteiger partial charge on any atom is 0.338 e. The molecule has 1 aromatic carbocycles. The molecule has 0 unspecified atom stereocenters. The summed E-state index contributed by atoms with van der Waals surface area (Å²) in [7, 11) is 0. The van der Waals surface area contributed by atoms with E-state index in [1.54, 1.807) is 19.1 Å². The van der Waals surface area contributed by atoms with Gasteiger partial charge in [0.15, 0.2) is 5.75 Å². The molecule has 17 heavy (non-hydrogen) atoms. The third-order valence-corrected chi connectivity index (χ3v) is 2.29. The monoisotopic (exact) mass is 232 g/mol. The number of ether oxygens (including phenoxy) is 1. The highest BCUT2D eigenvalue weighted by Gasteiger charge is 2.09. The Bertz CT molecular complexity index is 501. The SMILES string of the molecule is C=C(C)C(=O)Oc1cc(C(C)C)cccc1=O. The van der Waals surface area contributed by atoms with Crippen LogP contribution >= 0.6 is 0 Å². The lowest BCUT2D eigenvalue weighted by Crippen LogP contribution is -2.13. The van der Waals surface area contributed by atoms with Gasteiger partial charge in [0.1, 0.15) is 0 Å². The molecule has 0 N–H and O–H groups in total. The Kier molecular flexibility index (Phi) is 4.21. The van der Waals surface area contributed by atoms with Crippen molar-refractivity contribution in [3.05, 3.63) is 52.2 Å². The average molecular weight is 232 g/mol. The molecule has 0 heterocycles. The van der Waals surface area contributed by atoms with Gasteiger partial charge < -0.3 is 4.74 Å². The van der Waals surface area contributed by atoms with Crippen LogP contribution in [0.15, 0.2) is 41.2 Å². The molecule has 0 saturated carbocycles. The second kappa shape index (κ2) is 5.43. The zero-order chi connectivity index (χ0) is 13.0. The highest BCUT2D eigenvalue weighted by molar-refractivity contribution is 5.88. The van der Waals surface area contributed by atoms with Gasteiger partial charge in [-0.3, -0.25) is 4.79 Å². The minimum Gasteiger partial charge on any atom is -0.419 e. The van der Waals surface area contributed by atoms with Crippen molar-refractivity contribution in [1.82, 2.24) is 0 Å². The van der Waals surface area contributed by atoms with Crippen LogP contribution in [-0.2, 0) is 4.79 Å². The zero-order valence-electron chi connectivity index (χ0n) is 10.3. The summed E-state index contributed by atoms with van der Waals surface area (Å²) < 4.78 is 5.01. The maximum absolute atomic E-state index is 11.6. The fourth-order valence-corrected chi connectivity index (χ4v) is 1.23. The summed E-state index contributed by atoms with van der Waals surface area (Å²) in [4.78, 5) is 23.0. The lowest BCUT2D eigenvalue weighted by molar-refractivity contribution is -0.130. The molecule has 0 aliphatic heterocycles. The van der Waals surface area contributed by atoms with Crippen molar-refractivity contribution in [1.29, 1.82) is 0 Å². The van der Waals surface area contributed by atoms with Gasteiger partial charge in [-0.2, -0.15) is 0 Å². The lowest BCUT2D eigenvalue weighted by atomic mass is 10.1. The van der Waals surface area contributed by atoms with Crippen LogP contribution in [0.25, 0.3) is 0 Å². The number of hydrogen-bond acceptors (Lipinski definition) is 3. The molecule has 0 spiro atoms. The van der Waals surface area contributed by atoms with Crippen molar-refractivity contribution >= 4 is 5.97 Å². The van der Waals surface area contributed by atoms with E-state index in [4.69, 9.17) is 4.74 Å². The molecule has 3 nitrogen and oxygen atoms in total. The van der Waals surface area contributed by atoms with E-state index in [0.29, 0.717) is 0 Å². The van der Waals surface area contributed by atoms with Gasteiger partial charge in [0.05, 0.1) is 0 Å². The largest absolute Gasteiger partial charge is 0.419 e. The van der Waals surface area contributed by atoms with Gasteiger partial charge in [0.25, 0.3) is 0 Å². The summed E-state index contributed by atoms with van der Waals surface area (Å²) >= 11 is 0. The van der Waals surface area contributed by atoms with Crippen LogP contribution in [0.4, 0.5) is 0 Å². The standard InChI is InChI=1S/C14H16O3/c1-9(2)11-6-5-7-12(15)13(8-11)17-14(16)10(3)4/h5-9H,3H2,1-2,4H3. The van der Waals surface area contributed by atoms with Crippen molar-refractivity contribution in [2.24, 2.45) is 0 Å². The molecule has 0 radical (unpaired) electrons. The van der Waals surface area contributed by atoms with E-state index in [9.17, 15) is 9.59 Å². The fourth-order valence-electron chi connectivity index (χ4n) is 1.23. The molecule has 0 atom stereocenters. The first-order chi connectivity index (χ1) is 7.91. The molecular formula is C14H16O3. The molecule has 0 bridgehead atoms. The Morgan fingerprint density at radius 2 is 2.00 bits per heavy atom. The highest BCUT2D eigenvalue weighted by atomic mass is 16.5. The molecular weight excluding hydrogens is 216 g/mol. The van der Waals surface area contributed by atoms with Gasteiger partial charge in [-0.05, 0) is 30.5 Å². The second-order valence-corrected chi connectivity index (χ2v) is 4.22. The number of rotatable bonds is 3. The van der Waals surface area contributed by atoms with E-state index in [1.165, 1.54) is 6.07 Å². The molecule has 1 aromatic rings. The van der Waals surface area contributed by atoms with Crippen molar-refractivity contribution < 1.29 is 9.53 Å². The van der Waals surface area contributed by atoms with Crippen LogP contribution in [-0.4, -0.2) is 5.97 Å². The average Bonchev–Trinajstić information content (AvgIpc) is 2.41. The highest BCUT2D eigenvalue weighted by Crippen LogP contribution is 2.16. The Labute approximate surface area is 101 Å². The van der Waals surface area contributed by atoms with E-state index < -0.39 is 5.97 Å². The van der Waals surface area contributed by atoms with E-state index in [2.05, 4.69) is 6.58 Å². The zero-order valence-corrected chi connectivity index (χ0v) is 10.3. The molecule has 0 fully saturated rings. The summed E-state index contributed by atoms with van der Waals surface area (Å²) in [6.07, 6.45) is 0. The molecule has 90 valence electrons. The lowest BCUT2D eigenvalue weighted by Gasteiger charge is -2.04. The van der Waals surface area contributed by atoms with Crippen LogP contribution in [0.5, 0.6) is 5.75 Å². The first kappa shape index (κ1) is 13.2. The summed E-state index contributed by atoms with van der Waals surface area (Å²) in [5.74, 6) is -0.279. The summed E-state index contributed by atoms with van der Waals surface area (Å²) in [5.41, 5.74) is 0.894. The Morgan fingerprint density at radius 1 is 1.35 bits per heavy atom. The van der Waals surface area contributed by atoms with Crippen molar-refractivity contribution in [2.75, 3.05) is 0 Å². The molecule has 0 saturated heterocycles. The smallest absolute Gasteiger partial charge is 0.338 e. The summed E-state index contributed by atoms with van der Waals surface area (Å²) in [5, 5.41) is 0. The van der Waals surface area contributed by atoms with Crippen molar-refractivity contribution in [3.63, 3.8) is 0 Å². The number of carbonyl (C=O) groups excluding carboxylic acids is 1. The van der Waals surface area contributed by atoms with Crippen LogP contribution in [0.3, 0.4) is 0 Å². The third-order valence-electron chi connectivity index (χ3n) is 2.29.